The first kappa shape index (κ1) is 21.0. The molecule has 9 heteroatoms. The average molecular weight is 407 g/mol. The van der Waals surface area contributed by atoms with Gasteiger partial charge in [-0.1, -0.05) is 0 Å². The van der Waals surface area contributed by atoms with E-state index >= 15 is 0 Å². The van der Waals surface area contributed by atoms with E-state index in [1.165, 1.54) is 12.1 Å². The standard InChI is InChI=1S/C20H24F3N5O/c1-24-17-10-16(14-5-7-15(8-6-14)29-20(21,22)23)28-19(18(17)25-2)27-12-13-4-3-9-26-11-13/h5-8,10,13,26H,3-4,9,11-12H2,1-2H3,(H,27,28). The zero-order valence-electron chi connectivity index (χ0n) is 16.4. The van der Waals surface area contributed by atoms with Crippen molar-refractivity contribution in [2.24, 2.45) is 20.9 Å². The van der Waals surface area contributed by atoms with Crippen molar-refractivity contribution in [3.05, 3.63) is 35.9 Å². The number of amidine groups is 1. The zero-order valence-corrected chi connectivity index (χ0v) is 16.4. The smallest absolute Gasteiger partial charge is 0.406 e. The van der Waals surface area contributed by atoms with Gasteiger partial charge in [0, 0.05) is 26.3 Å². The van der Waals surface area contributed by atoms with E-state index in [-0.39, 0.29) is 5.75 Å². The van der Waals surface area contributed by atoms with Crippen molar-refractivity contribution in [1.29, 1.82) is 0 Å². The van der Waals surface area contributed by atoms with Crippen LogP contribution in [0, 0.1) is 5.92 Å². The van der Waals surface area contributed by atoms with E-state index < -0.39 is 6.36 Å². The van der Waals surface area contributed by atoms with E-state index in [9.17, 15) is 13.2 Å². The van der Waals surface area contributed by atoms with Gasteiger partial charge >= 0.3 is 6.36 Å². The van der Waals surface area contributed by atoms with Gasteiger partial charge in [-0.25, -0.2) is 0 Å². The quantitative estimate of drug-likeness (QED) is 0.806. The maximum atomic E-state index is 12.4. The lowest BCUT2D eigenvalue weighted by Gasteiger charge is -2.24. The van der Waals surface area contributed by atoms with Crippen LogP contribution >= 0.6 is 0 Å². The fourth-order valence-electron chi connectivity index (χ4n) is 3.35. The molecular formula is C20H24F3N5O. The number of benzene rings is 1. The molecule has 2 aliphatic heterocycles. The summed E-state index contributed by atoms with van der Waals surface area (Å²) in [5, 5.41) is 6.64. The second-order valence-electron chi connectivity index (χ2n) is 6.84. The highest BCUT2D eigenvalue weighted by Gasteiger charge is 2.31. The lowest BCUT2D eigenvalue weighted by atomic mass is 9.99. The van der Waals surface area contributed by atoms with E-state index in [4.69, 9.17) is 4.99 Å². The number of nitrogens with zero attached hydrogens (tertiary/aromatic N) is 3. The third kappa shape index (κ3) is 5.66. The van der Waals surface area contributed by atoms with Crippen LogP contribution in [0.3, 0.4) is 0 Å². The summed E-state index contributed by atoms with van der Waals surface area (Å²) in [6.45, 7) is 2.64. The number of ether oxygens (including phenoxy) is 1. The highest BCUT2D eigenvalue weighted by molar-refractivity contribution is 6.72. The minimum absolute atomic E-state index is 0.267. The molecule has 2 heterocycles. The number of aliphatic imine (C=N–C) groups is 3. The fraction of sp³-hybridized carbons (Fsp3) is 0.450. The highest BCUT2D eigenvalue weighted by atomic mass is 19.4. The van der Waals surface area contributed by atoms with Crippen LogP contribution < -0.4 is 15.4 Å². The lowest BCUT2D eigenvalue weighted by Crippen LogP contribution is -2.40. The third-order valence-corrected chi connectivity index (χ3v) is 4.77. The van der Waals surface area contributed by atoms with Crippen LogP contribution in [0.25, 0.3) is 5.70 Å². The average Bonchev–Trinajstić information content (AvgIpc) is 2.71. The molecule has 0 amide bonds. The molecule has 1 aromatic carbocycles. The number of allylic oxidation sites excluding steroid dienone is 1. The van der Waals surface area contributed by atoms with Crippen LogP contribution in [0.4, 0.5) is 13.2 Å². The molecule has 0 aliphatic carbocycles. The largest absolute Gasteiger partial charge is 0.573 e. The SMILES string of the molecule is CN=C1C=C(c2ccc(OC(F)(F)F)cc2)NC(=NCC2CCCNC2)C1=NC. The van der Waals surface area contributed by atoms with E-state index in [0.29, 0.717) is 41.0 Å². The Hall–Kier alpha value is -2.68. The van der Waals surface area contributed by atoms with Crippen LogP contribution in [0.5, 0.6) is 5.75 Å². The Kier molecular flexibility index (Phi) is 6.68. The fourth-order valence-corrected chi connectivity index (χ4v) is 3.35. The van der Waals surface area contributed by atoms with Gasteiger partial charge in [0.05, 0.1) is 5.71 Å². The van der Waals surface area contributed by atoms with Gasteiger partial charge in [-0.15, -0.1) is 13.2 Å². The minimum atomic E-state index is -4.72. The summed E-state index contributed by atoms with van der Waals surface area (Å²) in [5.41, 5.74) is 2.72. The molecule has 0 spiro atoms. The molecule has 3 rings (SSSR count). The molecule has 0 radical (unpaired) electrons. The van der Waals surface area contributed by atoms with E-state index in [1.54, 1.807) is 26.2 Å². The van der Waals surface area contributed by atoms with Gasteiger partial charge in [0.25, 0.3) is 0 Å². The summed E-state index contributed by atoms with van der Waals surface area (Å²) in [7, 11) is 3.35. The van der Waals surface area contributed by atoms with Crippen molar-refractivity contribution in [3.8, 4) is 5.75 Å². The maximum Gasteiger partial charge on any atom is 0.573 e. The van der Waals surface area contributed by atoms with E-state index in [2.05, 4.69) is 25.4 Å². The molecule has 1 aromatic rings. The second kappa shape index (κ2) is 9.21. The number of hydrogen-bond acceptors (Lipinski definition) is 5. The third-order valence-electron chi connectivity index (χ3n) is 4.77. The Labute approximate surface area is 167 Å². The molecule has 0 aromatic heterocycles. The summed E-state index contributed by atoms with van der Waals surface area (Å²) in [5.74, 6) is 0.815. The maximum absolute atomic E-state index is 12.4. The summed E-state index contributed by atoms with van der Waals surface area (Å²) in [6.07, 6.45) is -0.646. The molecule has 0 saturated carbocycles. The van der Waals surface area contributed by atoms with Crippen molar-refractivity contribution < 1.29 is 17.9 Å². The molecule has 1 saturated heterocycles. The van der Waals surface area contributed by atoms with E-state index in [0.717, 1.165) is 25.9 Å². The van der Waals surface area contributed by atoms with Crippen LogP contribution in [-0.4, -0.2) is 57.4 Å². The van der Waals surface area contributed by atoms with Crippen molar-refractivity contribution >= 4 is 23.0 Å². The Morgan fingerprint density at radius 2 is 1.90 bits per heavy atom. The summed E-state index contributed by atoms with van der Waals surface area (Å²) in [6, 6.07) is 5.68. The van der Waals surface area contributed by atoms with Gasteiger partial charge in [0.15, 0.2) is 5.84 Å². The Bertz CT molecular complexity index is 835. The van der Waals surface area contributed by atoms with Gasteiger partial charge in [-0.3, -0.25) is 15.0 Å². The Morgan fingerprint density at radius 1 is 1.14 bits per heavy atom. The minimum Gasteiger partial charge on any atom is -0.406 e. The molecular weight excluding hydrogens is 383 g/mol. The van der Waals surface area contributed by atoms with Gasteiger partial charge in [-0.2, -0.15) is 0 Å². The summed E-state index contributed by atoms with van der Waals surface area (Å²) in [4.78, 5) is 13.3. The lowest BCUT2D eigenvalue weighted by molar-refractivity contribution is -0.274. The summed E-state index contributed by atoms with van der Waals surface area (Å²) < 4.78 is 41.0. The van der Waals surface area contributed by atoms with Gasteiger partial charge < -0.3 is 15.4 Å². The van der Waals surface area contributed by atoms with Crippen LogP contribution in [0.15, 0.2) is 45.3 Å². The number of hydrogen-bond donors (Lipinski definition) is 2. The van der Waals surface area contributed by atoms with Crippen LogP contribution in [0.1, 0.15) is 18.4 Å². The molecule has 156 valence electrons. The van der Waals surface area contributed by atoms with Crippen molar-refractivity contribution in [2.75, 3.05) is 33.7 Å². The predicted molar refractivity (Wildman–Crippen MR) is 109 cm³/mol. The van der Waals surface area contributed by atoms with Crippen molar-refractivity contribution in [1.82, 2.24) is 10.6 Å². The molecule has 6 nitrogen and oxygen atoms in total. The Balaban J connectivity index is 1.82. The molecule has 29 heavy (non-hydrogen) atoms. The monoisotopic (exact) mass is 407 g/mol. The second-order valence-corrected chi connectivity index (χ2v) is 6.84. The van der Waals surface area contributed by atoms with E-state index in [1.807, 2.05) is 6.08 Å². The molecule has 2 aliphatic rings. The number of rotatable bonds is 4. The Morgan fingerprint density at radius 3 is 2.48 bits per heavy atom. The summed E-state index contributed by atoms with van der Waals surface area (Å²) >= 11 is 0. The molecule has 1 unspecified atom stereocenters. The highest BCUT2D eigenvalue weighted by Crippen LogP contribution is 2.25. The number of nitrogens with one attached hydrogen (secondary N) is 2. The number of alkyl halides is 3. The van der Waals surface area contributed by atoms with Gasteiger partial charge in [0.1, 0.15) is 11.5 Å². The first-order valence-electron chi connectivity index (χ1n) is 9.44. The molecule has 1 atom stereocenters. The normalized spacial score (nSPS) is 24.5. The first-order valence-corrected chi connectivity index (χ1v) is 9.44. The predicted octanol–water partition coefficient (Wildman–Crippen LogP) is 3.07. The van der Waals surface area contributed by atoms with Gasteiger partial charge in [-0.05, 0) is 67.8 Å². The van der Waals surface area contributed by atoms with Crippen molar-refractivity contribution in [3.63, 3.8) is 0 Å². The van der Waals surface area contributed by atoms with Crippen LogP contribution in [-0.2, 0) is 0 Å². The topological polar surface area (TPSA) is 70.4 Å². The zero-order chi connectivity index (χ0) is 20.9. The molecule has 2 N–H and O–H groups in total. The van der Waals surface area contributed by atoms with Gasteiger partial charge in [0.2, 0.25) is 0 Å². The number of piperidine rings is 1. The first-order chi connectivity index (χ1) is 13.9. The molecule has 0 bridgehead atoms. The van der Waals surface area contributed by atoms with Crippen molar-refractivity contribution in [2.45, 2.75) is 19.2 Å². The number of halogens is 3. The molecule has 1 fully saturated rings. The van der Waals surface area contributed by atoms with Crippen LogP contribution in [0.2, 0.25) is 0 Å².